The summed E-state index contributed by atoms with van der Waals surface area (Å²) in [6, 6.07) is 2.99. The Morgan fingerprint density at radius 2 is 2.00 bits per heavy atom. The topological polar surface area (TPSA) is 34.9 Å². The second-order valence-corrected chi connectivity index (χ2v) is 4.25. The van der Waals surface area contributed by atoms with Gasteiger partial charge in [0.05, 0.1) is 12.9 Å². The average molecular weight is 291 g/mol. The summed E-state index contributed by atoms with van der Waals surface area (Å²) in [6.45, 7) is -0.174. The molecule has 1 aromatic carbocycles. The molecule has 2 aromatic rings. The van der Waals surface area contributed by atoms with Gasteiger partial charge in [0, 0.05) is 5.56 Å². The lowest BCUT2D eigenvalue weighted by Gasteiger charge is -2.07. The number of hydrogen-bond donors (Lipinski definition) is 0. The summed E-state index contributed by atoms with van der Waals surface area (Å²) < 4.78 is 27.4. The molecule has 0 spiro atoms. The Bertz CT molecular complexity index is 658. The van der Waals surface area contributed by atoms with Crippen LogP contribution in [-0.4, -0.2) is 9.55 Å². The van der Waals surface area contributed by atoms with Gasteiger partial charge in [-0.3, -0.25) is 9.36 Å². The maximum Gasteiger partial charge on any atom is 0.273 e. The van der Waals surface area contributed by atoms with Crippen molar-refractivity contribution in [3.8, 4) is 0 Å². The van der Waals surface area contributed by atoms with Gasteiger partial charge < -0.3 is 0 Å². The zero-order valence-electron chi connectivity index (χ0n) is 8.83. The minimum absolute atomic E-state index is 0.0253. The fourth-order valence-corrected chi connectivity index (χ4v) is 1.69. The lowest BCUT2D eigenvalue weighted by atomic mass is 10.2. The van der Waals surface area contributed by atoms with Gasteiger partial charge >= 0.3 is 0 Å². The number of halogens is 4. The van der Waals surface area contributed by atoms with E-state index in [9.17, 15) is 13.6 Å². The highest BCUT2D eigenvalue weighted by molar-refractivity contribution is 6.40. The number of benzene rings is 1. The maximum absolute atomic E-state index is 13.4. The molecule has 18 heavy (non-hydrogen) atoms. The van der Waals surface area contributed by atoms with Crippen LogP contribution in [0.15, 0.2) is 29.3 Å². The van der Waals surface area contributed by atoms with E-state index < -0.39 is 17.2 Å². The molecule has 1 heterocycles. The standard InChI is InChI=1S/C11H6Cl2F2N2O/c12-9-10(13)16-5-17(11(9)18)4-6-3-7(14)1-2-8(6)15/h1-3,5H,4H2. The van der Waals surface area contributed by atoms with Gasteiger partial charge in [0.15, 0.2) is 5.15 Å². The second kappa shape index (κ2) is 5.04. The molecule has 3 nitrogen and oxygen atoms in total. The van der Waals surface area contributed by atoms with Gasteiger partial charge in [0.1, 0.15) is 16.7 Å². The van der Waals surface area contributed by atoms with Crippen LogP contribution in [0.25, 0.3) is 0 Å². The Morgan fingerprint density at radius 1 is 1.28 bits per heavy atom. The molecule has 7 heteroatoms. The molecule has 0 aliphatic carbocycles. The summed E-state index contributed by atoms with van der Waals surface area (Å²) in [4.78, 5) is 15.3. The van der Waals surface area contributed by atoms with E-state index in [1.54, 1.807) is 0 Å². The molecule has 0 amide bonds. The van der Waals surface area contributed by atoms with Crippen LogP contribution in [0.5, 0.6) is 0 Å². The molecule has 94 valence electrons. The van der Waals surface area contributed by atoms with Gasteiger partial charge in [-0.2, -0.15) is 0 Å². The first kappa shape index (κ1) is 13.0. The van der Waals surface area contributed by atoms with Gasteiger partial charge in [-0.25, -0.2) is 13.8 Å². The summed E-state index contributed by atoms with van der Waals surface area (Å²) in [6.07, 6.45) is 1.13. The highest BCUT2D eigenvalue weighted by atomic mass is 35.5. The number of hydrogen-bond acceptors (Lipinski definition) is 2. The number of rotatable bonds is 2. The van der Waals surface area contributed by atoms with Crippen molar-refractivity contribution in [2.45, 2.75) is 6.54 Å². The van der Waals surface area contributed by atoms with Crippen molar-refractivity contribution in [1.82, 2.24) is 9.55 Å². The zero-order chi connectivity index (χ0) is 13.3. The van der Waals surface area contributed by atoms with Crippen molar-refractivity contribution >= 4 is 23.2 Å². The molecule has 0 fully saturated rings. The van der Waals surface area contributed by atoms with Crippen LogP contribution in [0, 0.1) is 11.6 Å². The third kappa shape index (κ3) is 2.52. The van der Waals surface area contributed by atoms with E-state index in [1.807, 2.05) is 0 Å². The van der Waals surface area contributed by atoms with Gasteiger partial charge in [-0.05, 0) is 18.2 Å². The third-order valence-electron chi connectivity index (χ3n) is 2.29. The van der Waals surface area contributed by atoms with Gasteiger partial charge in [0.25, 0.3) is 5.56 Å². The van der Waals surface area contributed by atoms with Gasteiger partial charge in [-0.1, -0.05) is 23.2 Å². The second-order valence-electron chi connectivity index (χ2n) is 3.52. The predicted octanol–water partition coefficient (Wildman–Crippen LogP) is 2.88. The minimum Gasteiger partial charge on any atom is -0.293 e. The van der Waals surface area contributed by atoms with E-state index in [0.29, 0.717) is 0 Å². The summed E-state index contributed by atoms with van der Waals surface area (Å²) in [7, 11) is 0. The Kier molecular flexibility index (Phi) is 3.63. The molecule has 2 rings (SSSR count). The van der Waals surface area contributed by atoms with Gasteiger partial charge in [-0.15, -0.1) is 0 Å². The molecule has 0 aliphatic rings. The van der Waals surface area contributed by atoms with E-state index >= 15 is 0 Å². The molecule has 0 bridgehead atoms. The van der Waals surface area contributed by atoms with Crippen molar-refractivity contribution in [1.29, 1.82) is 0 Å². The SMILES string of the molecule is O=c1c(Cl)c(Cl)ncn1Cc1cc(F)ccc1F. The summed E-state index contributed by atoms with van der Waals surface area (Å²) in [5.74, 6) is -1.21. The Labute approximate surface area is 111 Å². The molecule has 0 radical (unpaired) electrons. The number of aromatic nitrogens is 2. The summed E-state index contributed by atoms with van der Waals surface area (Å²) >= 11 is 11.2. The first-order valence-electron chi connectivity index (χ1n) is 4.83. The van der Waals surface area contributed by atoms with Gasteiger partial charge in [0.2, 0.25) is 0 Å². The Morgan fingerprint density at radius 3 is 2.72 bits per heavy atom. The van der Waals surface area contributed by atoms with Crippen LogP contribution in [0.2, 0.25) is 10.2 Å². The van der Waals surface area contributed by atoms with E-state index in [2.05, 4.69) is 4.98 Å². The maximum atomic E-state index is 13.4. The lowest BCUT2D eigenvalue weighted by Crippen LogP contribution is -2.22. The first-order valence-corrected chi connectivity index (χ1v) is 5.59. The minimum atomic E-state index is -0.616. The van der Waals surface area contributed by atoms with Crippen molar-refractivity contribution in [2.24, 2.45) is 0 Å². The molecule has 1 aromatic heterocycles. The van der Waals surface area contributed by atoms with Crippen LogP contribution in [0.3, 0.4) is 0 Å². The van der Waals surface area contributed by atoms with E-state index in [0.717, 1.165) is 29.1 Å². The Balaban J connectivity index is 2.44. The molecule has 0 saturated heterocycles. The van der Waals surface area contributed by atoms with Crippen LogP contribution in [0.1, 0.15) is 5.56 Å². The Hall–Kier alpha value is -1.46. The van der Waals surface area contributed by atoms with E-state index in [1.165, 1.54) is 0 Å². The monoisotopic (exact) mass is 290 g/mol. The van der Waals surface area contributed by atoms with E-state index in [-0.39, 0.29) is 22.3 Å². The van der Waals surface area contributed by atoms with Crippen molar-refractivity contribution in [2.75, 3.05) is 0 Å². The largest absolute Gasteiger partial charge is 0.293 e. The molecule has 0 saturated carbocycles. The quantitative estimate of drug-likeness (QED) is 0.797. The summed E-state index contributed by atoms with van der Waals surface area (Å²) in [5.41, 5.74) is -0.586. The lowest BCUT2D eigenvalue weighted by molar-refractivity contribution is 0.573. The molecule has 0 atom stereocenters. The molecule has 0 N–H and O–H groups in total. The average Bonchev–Trinajstić information content (AvgIpc) is 2.34. The molecular formula is C11H6Cl2F2N2O. The van der Waals surface area contributed by atoms with E-state index in [4.69, 9.17) is 23.2 Å². The highest BCUT2D eigenvalue weighted by Crippen LogP contribution is 2.14. The number of nitrogens with zero attached hydrogens (tertiary/aromatic N) is 2. The summed E-state index contributed by atoms with van der Waals surface area (Å²) in [5, 5.41) is -0.381. The van der Waals surface area contributed by atoms with Crippen LogP contribution >= 0.6 is 23.2 Å². The van der Waals surface area contributed by atoms with Crippen molar-refractivity contribution in [3.05, 3.63) is 62.3 Å². The molecule has 0 aliphatic heterocycles. The predicted molar refractivity (Wildman–Crippen MR) is 64.0 cm³/mol. The van der Waals surface area contributed by atoms with Crippen LogP contribution in [-0.2, 0) is 6.54 Å². The fraction of sp³-hybridized carbons (Fsp3) is 0.0909. The van der Waals surface area contributed by atoms with Crippen LogP contribution < -0.4 is 5.56 Å². The normalized spacial score (nSPS) is 10.7. The fourth-order valence-electron chi connectivity index (χ4n) is 1.40. The molecular weight excluding hydrogens is 285 g/mol. The first-order chi connectivity index (χ1) is 8.49. The van der Waals surface area contributed by atoms with Crippen molar-refractivity contribution < 1.29 is 8.78 Å². The van der Waals surface area contributed by atoms with Crippen molar-refractivity contribution in [3.63, 3.8) is 0 Å². The highest BCUT2D eigenvalue weighted by Gasteiger charge is 2.10. The smallest absolute Gasteiger partial charge is 0.273 e. The zero-order valence-corrected chi connectivity index (χ0v) is 10.3. The molecule has 0 unspecified atom stereocenters. The van der Waals surface area contributed by atoms with Crippen LogP contribution in [0.4, 0.5) is 8.78 Å². The third-order valence-corrected chi connectivity index (χ3v) is 3.01.